The van der Waals surface area contributed by atoms with Crippen LogP contribution in [0, 0.1) is 17.6 Å². The lowest BCUT2D eigenvalue weighted by atomic mass is 9.99. The Hall–Kier alpha value is -2.81. The Labute approximate surface area is 208 Å². The number of hydrogen-bond acceptors (Lipinski definition) is 4. The van der Waals surface area contributed by atoms with Gasteiger partial charge in [0.1, 0.15) is 11.6 Å². The van der Waals surface area contributed by atoms with Gasteiger partial charge < -0.3 is 9.64 Å². The third kappa shape index (κ3) is 6.62. The van der Waals surface area contributed by atoms with Crippen molar-refractivity contribution in [1.82, 2.24) is 4.98 Å². The van der Waals surface area contributed by atoms with Crippen molar-refractivity contribution in [3.63, 3.8) is 0 Å². The zero-order valence-electron chi connectivity index (χ0n) is 18.7. The quantitative estimate of drug-likeness (QED) is 0.260. The van der Waals surface area contributed by atoms with Crippen LogP contribution >= 0.6 is 24.8 Å². The van der Waals surface area contributed by atoms with Crippen molar-refractivity contribution in [3.8, 4) is 0 Å². The maximum atomic E-state index is 13.6. The number of thiazole rings is 1. The van der Waals surface area contributed by atoms with Crippen molar-refractivity contribution in [2.75, 3.05) is 18.1 Å². The molecule has 0 radical (unpaired) electrons. The zero-order chi connectivity index (χ0) is 23.2. The Bertz CT molecular complexity index is 1210. The fourth-order valence-corrected chi connectivity index (χ4v) is 4.40. The van der Waals surface area contributed by atoms with Crippen LogP contribution in [-0.2, 0) is 22.6 Å². The number of nitrogens with zero attached hydrogens (tertiary/aromatic N) is 2. The summed E-state index contributed by atoms with van der Waals surface area (Å²) >= 11 is 1.54. The number of ether oxygens (including phenoxy) is 1. The van der Waals surface area contributed by atoms with Crippen LogP contribution in [0.1, 0.15) is 18.1 Å². The van der Waals surface area contributed by atoms with E-state index in [9.17, 15) is 13.6 Å². The molecule has 0 aliphatic heterocycles. The summed E-state index contributed by atoms with van der Waals surface area (Å²) in [6.45, 7) is 2.91. The molecule has 0 unspecified atom stereocenters. The van der Waals surface area contributed by atoms with Crippen molar-refractivity contribution in [1.29, 1.82) is 0 Å². The Morgan fingerprint density at radius 2 is 1.76 bits per heavy atom. The molecule has 1 heterocycles. The largest absolute Gasteiger partial charge is 0.375 e. The molecule has 1 aromatic heterocycles. The molecule has 4 nitrogen and oxygen atoms in total. The highest BCUT2D eigenvalue weighted by Crippen LogP contribution is 2.26. The van der Waals surface area contributed by atoms with E-state index in [4.69, 9.17) is 4.74 Å². The van der Waals surface area contributed by atoms with Crippen LogP contribution in [0.4, 0.5) is 14.5 Å². The average molecular weight is 501 g/mol. The van der Waals surface area contributed by atoms with E-state index >= 15 is 0 Å². The topological polar surface area (TPSA) is 42.4 Å². The molecule has 0 saturated heterocycles. The summed E-state index contributed by atoms with van der Waals surface area (Å²) < 4.78 is 34.1. The van der Waals surface area contributed by atoms with E-state index in [0.29, 0.717) is 25.3 Å². The van der Waals surface area contributed by atoms with E-state index in [-0.39, 0.29) is 25.8 Å². The van der Waals surface area contributed by atoms with Crippen LogP contribution in [0.3, 0.4) is 0 Å². The molecular formula is C26H26F2N2O2S2. The second kappa shape index (κ2) is 12.1. The predicted molar refractivity (Wildman–Crippen MR) is 138 cm³/mol. The van der Waals surface area contributed by atoms with Gasteiger partial charge in [0.25, 0.3) is 0 Å². The summed E-state index contributed by atoms with van der Waals surface area (Å²) in [5.41, 5.74) is 4.81. The number of aromatic nitrogens is 1. The second-order valence-electron chi connectivity index (χ2n) is 7.92. The van der Waals surface area contributed by atoms with Gasteiger partial charge in [-0.1, -0.05) is 37.3 Å². The van der Waals surface area contributed by atoms with Crippen LogP contribution in [0.5, 0.6) is 0 Å². The number of rotatable bonds is 9. The van der Waals surface area contributed by atoms with Gasteiger partial charge in [-0.3, -0.25) is 4.79 Å². The molecule has 178 valence electrons. The number of anilines is 1. The number of halogens is 2. The van der Waals surface area contributed by atoms with Gasteiger partial charge in [-0.05, 0) is 47.9 Å². The molecule has 1 amide bonds. The highest BCUT2D eigenvalue weighted by molar-refractivity contribution is 7.59. The van der Waals surface area contributed by atoms with Crippen molar-refractivity contribution < 1.29 is 18.3 Å². The first kappa shape index (κ1) is 25.8. The van der Waals surface area contributed by atoms with Gasteiger partial charge in [0.05, 0.1) is 28.9 Å². The Morgan fingerprint density at radius 1 is 1.03 bits per heavy atom. The van der Waals surface area contributed by atoms with Gasteiger partial charge in [-0.2, -0.15) is 13.5 Å². The van der Waals surface area contributed by atoms with Crippen LogP contribution in [-0.4, -0.2) is 24.0 Å². The van der Waals surface area contributed by atoms with E-state index in [1.165, 1.54) is 23.5 Å². The lowest BCUT2D eigenvalue weighted by Crippen LogP contribution is -2.38. The zero-order valence-corrected chi connectivity index (χ0v) is 20.5. The van der Waals surface area contributed by atoms with Crippen molar-refractivity contribution in [2.45, 2.75) is 20.0 Å². The SMILES string of the molecule is C[C@@H](Cc1cc(F)cc(F)c1)C(=O)N(CCOCc1ccccc1)c1ccc2scnc2c1.S. The summed E-state index contributed by atoms with van der Waals surface area (Å²) in [6.07, 6.45) is 0.230. The molecule has 0 fully saturated rings. The maximum absolute atomic E-state index is 13.6. The molecular weight excluding hydrogens is 474 g/mol. The standard InChI is InChI=1S/C26H24F2N2O2S.H2S/c1-18(11-20-12-21(27)14-22(28)13-20)26(31)30(9-10-32-16-19-5-3-2-4-6-19)23-7-8-25-24(15-23)29-17-33-25;/h2-8,12-15,17-18H,9-11,16H2,1H3;1H2/t18-;/m0./s1. The molecule has 0 aliphatic rings. The molecule has 0 bridgehead atoms. The molecule has 34 heavy (non-hydrogen) atoms. The molecule has 0 spiro atoms. The lowest BCUT2D eigenvalue weighted by molar-refractivity contribution is -0.122. The second-order valence-corrected chi connectivity index (χ2v) is 8.80. The van der Waals surface area contributed by atoms with E-state index in [1.807, 2.05) is 48.5 Å². The third-order valence-corrected chi connectivity index (χ3v) is 6.16. The number of fused-ring (bicyclic) bond motifs is 1. The Morgan fingerprint density at radius 3 is 2.50 bits per heavy atom. The van der Waals surface area contributed by atoms with Gasteiger partial charge in [0, 0.05) is 24.2 Å². The molecule has 3 aromatic carbocycles. The number of amides is 1. The fourth-order valence-electron chi connectivity index (χ4n) is 3.74. The number of hydrogen-bond donors (Lipinski definition) is 0. The summed E-state index contributed by atoms with van der Waals surface area (Å²) in [7, 11) is 0. The van der Waals surface area contributed by atoms with Gasteiger partial charge in [-0.25, -0.2) is 13.8 Å². The minimum absolute atomic E-state index is 0. The molecule has 0 saturated carbocycles. The normalized spacial score (nSPS) is 11.7. The van der Waals surface area contributed by atoms with Crippen LogP contribution in [0.2, 0.25) is 0 Å². The molecule has 0 aliphatic carbocycles. The van der Waals surface area contributed by atoms with Gasteiger partial charge >= 0.3 is 0 Å². The van der Waals surface area contributed by atoms with Crippen LogP contribution in [0.15, 0.2) is 72.2 Å². The predicted octanol–water partition coefficient (Wildman–Crippen LogP) is 6.12. The monoisotopic (exact) mass is 500 g/mol. The first-order chi connectivity index (χ1) is 16.0. The van der Waals surface area contributed by atoms with Gasteiger partial charge in [0.15, 0.2) is 0 Å². The van der Waals surface area contributed by atoms with E-state index in [2.05, 4.69) is 4.98 Å². The van der Waals surface area contributed by atoms with E-state index in [0.717, 1.165) is 27.5 Å². The van der Waals surface area contributed by atoms with Crippen molar-refractivity contribution >= 4 is 46.6 Å². The molecule has 8 heteroatoms. The minimum Gasteiger partial charge on any atom is -0.375 e. The number of carbonyl (C=O) groups excluding carboxylic acids is 1. The number of benzene rings is 3. The molecule has 4 rings (SSSR count). The van der Waals surface area contributed by atoms with Crippen molar-refractivity contribution in [2.24, 2.45) is 5.92 Å². The summed E-state index contributed by atoms with van der Waals surface area (Å²) in [4.78, 5) is 19.4. The summed E-state index contributed by atoms with van der Waals surface area (Å²) in [6, 6.07) is 18.9. The summed E-state index contributed by atoms with van der Waals surface area (Å²) in [5.74, 6) is -1.92. The molecule has 1 atom stereocenters. The Balaban J connectivity index is 0.00000324. The minimum atomic E-state index is -0.648. The maximum Gasteiger partial charge on any atom is 0.230 e. The van der Waals surface area contributed by atoms with E-state index in [1.54, 1.807) is 17.3 Å². The van der Waals surface area contributed by atoms with Crippen LogP contribution in [0.25, 0.3) is 10.2 Å². The first-order valence-corrected chi connectivity index (χ1v) is 11.6. The van der Waals surface area contributed by atoms with E-state index < -0.39 is 17.6 Å². The number of carbonyl (C=O) groups is 1. The Kier molecular flexibility index (Phi) is 9.15. The van der Waals surface area contributed by atoms with Crippen molar-refractivity contribution in [3.05, 3.63) is 95.0 Å². The lowest BCUT2D eigenvalue weighted by Gasteiger charge is -2.26. The highest BCUT2D eigenvalue weighted by atomic mass is 32.1. The van der Waals surface area contributed by atoms with Gasteiger partial charge in [-0.15, -0.1) is 11.3 Å². The van der Waals surface area contributed by atoms with Gasteiger partial charge in [0.2, 0.25) is 5.91 Å². The third-order valence-electron chi connectivity index (χ3n) is 5.35. The fraction of sp³-hybridized carbons (Fsp3) is 0.231. The average Bonchev–Trinajstić information content (AvgIpc) is 3.26. The summed E-state index contributed by atoms with van der Waals surface area (Å²) in [5, 5.41) is 0. The smallest absolute Gasteiger partial charge is 0.230 e. The van der Waals surface area contributed by atoms with Crippen LogP contribution < -0.4 is 4.90 Å². The molecule has 4 aromatic rings. The molecule has 0 N–H and O–H groups in total. The highest BCUT2D eigenvalue weighted by Gasteiger charge is 2.23. The first-order valence-electron chi connectivity index (χ1n) is 10.7.